The molecule has 19 heavy (non-hydrogen) atoms. The smallest absolute Gasteiger partial charge is 0.0946 e. The summed E-state index contributed by atoms with van der Waals surface area (Å²) < 4.78 is 7.23. The molecule has 0 atom stereocenters. The van der Waals surface area contributed by atoms with Crippen LogP contribution in [0.4, 0.5) is 0 Å². The van der Waals surface area contributed by atoms with Crippen molar-refractivity contribution in [3.8, 4) is 0 Å². The summed E-state index contributed by atoms with van der Waals surface area (Å²) in [5.74, 6) is 0. The third-order valence-electron chi connectivity index (χ3n) is 3.77. The summed E-state index contributed by atoms with van der Waals surface area (Å²) in [6.07, 6.45) is 8.20. The SMILES string of the molecule is COCCCCN1CCN(CCn2ccnc2)CC1. The standard InChI is InChI=1S/C14H26N4O/c1-19-13-3-2-5-16-7-9-17(10-8-16)11-12-18-6-4-15-14-18/h4,6,14H,2-3,5,7-13H2,1H3. The summed E-state index contributed by atoms with van der Waals surface area (Å²) in [6.45, 7) is 9.09. The molecule has 0 saturated carbocycles. The lowest BCUT2D eigenvalue weighted by Crippen LogP contribution is -2.47. The zero-order chi connectivity index (χ0) is 13.3. The van der Waals surface area contributed by atoms with Crippen molar-refractivity contribution in [1.82, 2.24) is 19.4 Å². The van der Waals surface area contributed by atoms with E-state index in [2.05, 4.69) is 19.4 Å². The van der Waals surface area contributed by atoms with Crippen molar-refractivity contribution >= 4 is 0 Å². The first-order valence-corrected chi connectivity index (χ1v) is 7.28. The second-order valence-corrected chi connectivity index (χ2v) is 5.18. The quantitative estimate of drug-likeness (QED) is 0.655. The third-order valence-corrected chi connectivity index (χ3v) is 3.77. The number of methoxy groups -OCH3 is 1. The van der Waals surface area contributed by atoms with Gasteiger partial charge in [-0.25, -0.2) is 4.98 Å². The van der Waals surface area contributed by atoms with Crippen molar-refractivity contribution < 1.29 is 4.74 Å². The van der Waals surface area contributed by atoms with Gasteiger partial charge in [-0.2, -0.15) is 0 Å². The molecule has 1 saturated heterocycles. The molecule has 1 aliphatic heterocycles. The Hall–Kier alpha value is -0.910. The van der Waals surface area contributed by atoms with Gasteiger partial charge < -0.3 is 14.2 Å². The number of ether oxygens (including phenoxy) is 1. The van der Waals surface area contributed by atoms with Crippen LogP contribution in [0.15, 0.2) is 18.7 Å². The molecule has 2 heterocycles. The maximum absolute atomic E-state index is 5.08. The van der Waals surface area contributed by atoms with Crippen LogP contribution in [-0.4, -0.2) is 72.3 Å². The van der Waals surface area contributed by atoms with E-state index in [0.717, 1.165) is 19.7 Å². The summed E-state index contributed by atoms with van der Waals surface area (Å²) >= 11 is 0. The van der Waals surface area contributed by atoms with Gasteiger partial charge in [-0.15, -0.1) is 0 Å². The molecule has 0 aliphatic carbocycles. The molecule has 1 aliphatic rings. The average molecular weight is 266 g/mol. The molecular formula is C14H26N4O. The van der Waals surface area contributed by atoms with Gasteiger partial charge in [0.1, 0.15) is 0 Å². The lowest BCUT2D eigenvalue weighted by molar-refractivity contribution is 0.123. The Morgan fingerprint density at radius 2 is 1.74 bits per heavy atom. The highest BCUT2D eigenvalue weighted by molar-refractivity contribution is 4.76. The van der Waals surface area contributed by atoms with Gasteiger partial charge in [0.25, 0.3) is 0 Å². The summed E-state index contributed by atoms with van der Waals surface area (Å²) in [5, 5.41) is 0. The highest BCUT2D eigenvalue weighted by atomic mass is 16.5. The van der Waals surface area contributed by atoms with E-state index in [0.29, 0.717) is 0 Å². The topological polar surface area (TPSA) is 33.5 Å². The lowest BCUT2D eigenvalue weighted by atomic mass is 10.2. The maximum atomic E-state index is 5.08. The molecule has 0 amide bonds. The summed E-state index contributed by atoms with van der Waals surface area (Å²) in [6, 6.07) is 0. The molecule has 1 aromatic rings. The Morgan fingerprint density at radius 3 is 2.37 bits per heavy atom. The van der Waals surface area contributed by atoms with Crippen molar-refractivity contribution in [2.24, 2.45) is 0 Å². The molecule has 1 aromatic heterocycles. The molecule has 0 aromatic carbocycles. The molecule has 0 spiro atoms. The molecular weight excluding hydrogens is 240 g/mol. The Morgan fingerprint density at radius 1 is 1.00 bits per heavy atom. The maximum Gasteiger partial charge on any atom is 0.0946 e. The molecule has 108 valence electrons. The molecule has 5 nitrogen and oxygen atoms in total. The van der Waals surface area contributed by atoms with Crippen molar-refractivity contribution in [3.05, 3.63) is 18.7 Å². The number of hydrogen-bond acceptors (Lipinski definition) is 4. The fourth-order valence-corrected chi connectivity index (χ4v) is 2.49. The van der Waals surface area contributed by atoms with Crippen LogP contribution in [0.3, 0.4) is 0 Å². The second kappa shape index (κ2) is 8.30. The minimum atomic E-state index is 0.894. The fraction of sp³-hybridized carbons (Fsp3) is 0.786. The minimum Gasteiger partial charge on any atom is -0.385 e. The van der Waals surface area contributed by atoms with Crippen LogP contribution in [0.5, 0.6) is 0 Å². The van der Waals surface area contributed by atoms with Crippen molar-refractivity contribution in [3.63, 3.8) is 0 Å². The first-order chi connectivity index (χ1) is 9.38. The highest BCUT2D eigenvalue weighted by Gasteiger charge is 2.15. The van der Waals surface area contributed by atoms with E-state index < -0.39 is 0 Å². The average Bonchev–Trinajstić information content (AvgIpc) is 2.96. The number of rotatable bonds is 8. The zero-order valence-electron chi connectivity index (χ0n) is 12.0. The highest BCUT2D eigenvalue weighted by Crippen LogP contribution is 2.04. The number of unbranched alkanes of at least 4 members (excludes halogenated alkanes) is 1. The van der Waals surface area contributed by atoms with E-state index in [1.807, 2.05) is 18.7 Å². The minimum absolute atomic E-state index is 0.894. The van der Waals surface area contributed by atoms with E-state index >= 15 is 0 Å². The van der Waals surface area contributed by atoms with Crippen molar-refractivity contribution in [2.45, 2.75) is 19.4 Å². The summed E-state index contributed by atoms with van der Waals surface area (Å²) in [7, 11) is 1.78. The van der Waals surface area contributed by atoms with Gasteiger partial charge >= 0.3 is 0 Å². The van der Waals surface area contributed by atoms with Crippen molar-refractivity contribution in [1.29, 1.82) is 0 Å². The first kappa shape index (κ1) is 14.5. The third kappa shape index (κ3) is 5.30. The molecule has 1 fully saturated rings. The van der Waals surface area contributed by atoms with E-state index in [-0.39, 0.29) is 0 Å². The lowest BCUT2D eigenvalue weighted by Gasteiger charge is -2.34. The molecule has 0 bridgehead atoms. The van der Waals surface area contributed by atoms with Crippen LogP contribution in [0.2, 0.25) is 0 Å². The Bertz CT molecular complexity index is 320. The fourth-order valence-electron chi connectivity index (χ4n) is 2.49. The Kier molecular flexibility index (Phi) is 6.33. The Labute approximate surface area is 116 Å². The van der Waals surface area contributed by atoms with E-state index in [4.69, 9.17) is 4.74 Å². The first-order valence-electron chi connectivity index (χ1n) is 7.28. The van der Waals surface area contributed by atoms with Crippen LogP contribution in [-0.2, 0) is 11.3 Å². The van der Waals surface area contributed by atoms with Crippen LogP contribution in [0.1, 0.15) is 12.8 Å². The second-order valence-electron chi connectivity index (χ2n) is 5.18. The van der Waals surface area contributed by atoms with Crippen LogP contribution in [0.25, 0.3) is 0 Å². The van der Waals surface area contributed by atoms with Gasteiger partial charge in [0.2, 0.25) is 0 Å². The number of aromatic nitrogens is 2. The van der Waals surface area contributed by atoms with E-state index in [9.17, 15) is 0 Å². The number of nitrogens with zero attached hydrogens (tertiary/aromatic N) is 4. The normalized spacial score (nSPS) is 17.9. The molecule has 0 unspecified atom stereocenters. The predicted molar refractivity (Wildman–Crippen MR) is 76.2 cm³/mol. The van der Waals surface area contributed by atoms with Gasteiger partial charge in [0.05, 0.1) is 6.33 Å². The molecule has 2 rings (SSSR count). The van der Waals surface area contributed by atoms with E-state index in [1.54, 1.807) is 7.11 Å². The van der Waals surface area contributed by atoms with Crippen molar-refractivity contribution in [2.75, 3.05) is 53.0 Å². The molecule has 0 radical (unpaired) electrons. The summed E-state index contributed by atoms with van der Waals surface area (Å²) in [4.78, 5) is 9.19. The predicted octanol–water partition coefficient (Wildman–Crippen LogP) is 0.927. The monoisotopic (exact) mass is 266 g/mol. The molecule has 5 heteroatoms. The van der Waals surface area contributed by atoms with Gasteiger partial charge in [-0.05, 0) is 19.4 Å². The molecule has 0 N–H and O–H groups in total. The van der Waals surface area contributed by atoms with Gasteiger partial charge in [0, 0.05) is 65.4 Å². The number of piperazine rings is 1. The van der Waals surface area contributed by atoms with Gasteiger partial charge in [-0.3, -0.25) is 4.90 Å². The summed E-state index contributed by atoms with van der Waals surface area (Å²) in [5.41, 5.74) is 0. The van der Waals surface area contributed by atoms with E-state index in [1.165, 1.54) is 45.6 Å². The Balaban J connectivity index is 1.55. The van der Waals surface area contributed by atoms with Crippen LogP contribution >= 0.6 is 0 Å². The number of imidazole rings is 1. The zero-order valence-corrected chi connectivity index (χ0v) is 12.0. The van der Waals surface area contributed by atoms with Gasteiger partial charge in [0.15, 0.2) is 0 Å². The largest absolute Gasteiger partial charge is 0.385 e. The van der Waals surface area contributed by atoms with Gasteiger partial charge in [-0.1, -0.05) is 0 Å². The van der Waals surface area contributed by atoms with Crippen LogP contribution in [0, 0.1) is 0 Å². The van der Waals surface area contributed by atoms with Crippen LogP contribution < -0.4 is 0 Å². The number of hydrogen-bond donors (Lipinski definition) is 0.